The molecule has 0 radical (unpaired) electrons. The van der Waals surface area contributed by atoms with Crippen molar-refractivity contribution in [1.82, 2.24) is 24.8 Å². The summed E-state index contributed by atoms with van der Waals surface area (Å²) >= 11 is 0. The number of amides is 2. The van der Waals surface area contributed by atoms with Gasteiger partial charge in [0.25, 0.3) is 5.91 Å². The van der Waals surface area contributed by atoms with Gasteiger partial charge in [0.05, 0.1) is 24.1 Å². The van der Waals surface area contributed by atoms with Crippen LogP contribution in [0.5, 0.6) is 0 Å². The van der Waals surface area contributed by atoms with Crippen LogP contribution in [0.4, 0.5) is 0 Å². The summed E-state index contributed by atoms with van der Waals surface area (Å²) in [5, 5.41) is 0. The Kier molecular flexibility index (Phi) is 5.34. The summed E-state index contributed by atoms with van der Waals surface area (Å²) in [6.45, 7) is 6.43. The minimum absolute atomic E-state index is 0.0517. The Hall–Kier alpha value is -2.77. The highest BCUT2D eigenvalue weighted by Gasteiger charge is 2.42. The molecule has 4 rings (SSSR count). The van der Waals surface area contributed by atoms with Gasteiger partial charge in [-0.3, -0.25) is 19.6 Å². The van der Waals surface area contributed by atoms with Crippen LogP contribution in [0.15, 0.2) is 23.2 Å². The van der Waals surface area contributed by atoms with Crippen LogP contribution in [0.25, 0.3) is 0 Å². The number of hydrogen-bond donors (Lipinski definition) is 0. The van der Waals surface area contributed by atoms with Crippen LogP contribution in [-0.2, 0) is 17.8 Å². The number of oxazole rings is 1. The molecule has 0 aromatic carbocycles. The Bertz CT molecular complexity index is 884. The van der Waals surface area contributed by atoms with E-state index in [0.717, 1.165) is 30.7 Å². The minimum Gasteiger partial charge on any atom is -0.448 e. The summed E-state index contributed by atoms with van der Waals surface area (Å²) < 4.78 is 5.31. The summed E-state index contributed by atoms with van der Waals surface area (Å²) in [6.07, 6.45) is 8.69. The third kappa shape index (κ3) is 4.02. The lowest BCUT2D eigenvalue weighted by Gasteiger charge is -2.47. The second-order valence-corrected chi connectivity index (χ2v) is 8.17. The van der Waals surface area contributed by atoms with Crippen LogP contribution in [0.3, 0.4) is 0 Å². The second-order valence-electron chi connectivity index (χ2n) is 8.17. The molecule has 2 aliphatic heterocycles. The summed E-state index contributed by atoms with van der Waals surface area (Å²) in [5.41, 5.74) is 2.18. The maximum Gasteiger partial charge on any atom is 0.276 e. The smallest absolute Gasteiger partial charge is 0.276 e. The van der Waals surface area contributed by atoms with Gasteiger partial charge in [0, 0.05) is 38.7 Å². The largest absolute Gasteiger partial charge is 0.448 e. The first-order valence-electron chi connectivity index (χ1n) is 10.3. The lowest BCUT2D eigenvalue weighted by Crippen LogP contribution is -2.52. The molecule has 2 aliphatic rings. The maximum absolute atomic E-state index is 12.8. The summed E-state index contributed by atoms with van der Waals surface area (Å²) in [5.74, 6) is 0.764. The van der Waals surface area contributed by atoms with Gasteiger partial charge in [-0.15, -0.1) is 0 Å². The molecule has 2 amide bonds. The van der Waals surface area contributed by atoms with Gasteiger partial charge in [-0.1, -0.05) is 6.92 Å². The van der Waals surface area contributed by atoms with E-state index in [-0.39, 0.29) is 17.2 Å². The average molecular weight is 397 g/mol. The van der Waals surface area contributed by atoms with Gasteiger partial charge in [0.15, 0.2) is 12.1 Å². The van der Waals surface area contributed by atoms with Crippen molar-refractivity contribution in [1.29, 1.82) is 0 Å². The molecule has 0 aliphatic carbocycles. The monoisotopic (exact) mass is 397 g/mol. The van der Waals surface area contributed by atoms with Gasteiger partial charge in [0.2, 0.25) is 5.91 Å². The van der Waals surface area contributed by atoms with E-state index in [1.807, 2.05) is 23.6 Å². The first-order chi connectivity index (χ1) is 14.0. The third-order valence-corrected chi connectivity index (χ3v) is 6.21. The predicted molar refractivity (Wildman–Crippen MR) is 105 cm³/mol. The zero-order chi connectivity index (χ0) is 20.4. The molecule has 0 atom stereocenters. The van der Waals surface area contributed by atoms with Crippen molar-refractivity contribution in [2.75, 3.05) is 19.6 Å². The van der Waals surface area contributed by atoms with Crippen molar-refractivity contribution in [3.05, 3.63) is 41.6 Å². The van der Waals surface area contributed by atoms with E-state index in [1.165, 1.54) is 6.39 Å². The molecule has 4 heterocycles. The number of nitrogens with zero attached hydrogens (tertiary/aromatic N) is 5. The Morgan fingerprint density at radius 1 is 1.17 bits per heavy atom. The number of rotatable bonds is 4. The van der Waals surface area contributed by atoms with Gasteiger partial charge in [-0.05, 0) is 31.6 Å². The number of carbonyl (C=O) groups excluding carboxylic acids is 2. The number of likely N-dealkylation sites (tertiary alicyclic amines) is 2. The fourth-order valence-corrected chi connectivity index (χ4v) is 4.38. The van der Waals surface area contributed by atoms with E-state index in [2.05, 4.69) is 15.0 Å². The van der Waals surface area contributed by atoms with Crippen LogP contribution >= 0.6 is 0 Å². The highest BCUT2D eigenvalue weighted by Crippen LogP contribution is 2.40. The van der Waals surface area contributed by atoms with Crippen molar-refractivity contribution in [3.63, 3.8) is 0 Å². The van der Waals surface area contributed by atoms with Gasteiger partial charge >= 0.3 is 0 Å². The van der Waals surface area contributed by atoms with Gasteiger partial charge in [0.1, 0.15) is 5.76 Å². The number of aryl methyl sites for hydroxylation is 2. The molecule has 29 heavy (non-hydrogen) atoms. The third-order valence-electron chi connectivity index (χ3n) is 6.21. The number of aromatic nitrogens is 3. The SMILES string of the molecule is CCc1ocnc1C(=O)N1CCC2(CCC(=O)N(Cc3cnc(C)cn3)C2)CC1. The van der Waals surface area contributed by atoms with Gasteiger partial charge < -0.3 is 14.2 Å². The zero-order valence-electron chi connectivity index (χ0n) is 17.1. The molecule has 0 bridgehead atoms. The highest BCUT2D eigenvalue weighted by molar-refractivity contribution is 5.93. The van der Waals surface area contributed by atoms with Crippen LogP contribution in [0, 0.1) is 12.3 Å². The highest BCUT2D eigenvalue weighted by atomic mass is 16.3. The molecule has 0 unspecified atom stereocenters. The maximum atomic E-state index is 12.8. The Morgan fingerprint density at radius 2 is 1.97 bits per heavy atom. The standard InChI is InChI=1S/C21H27N5O3/c1-3-17-19(24-14-29-17)20(28)25-8-6-21(7-9-25)5-4-18(27)26(13-21)12-16-11-22-15(2)10-23-16/h10-11,14H,3-9,12-13H2,1-2H3. The molecule has 8 nitrogen and oxygen atoms in total. The first kappa shape index (κ1) is 19.5. The fourth-order valence-electron chi connectivity index (χ4n) is 4.38. The molecule has 2 saturated heterocycles. The normalized spacial score (nSPS) is 19.0. The molecule has 154 valence electrons. The molecule has 8 heteroatoms. The van der Waals surface area contributed by atoms with Crippen LogP contribution in [0.1, 0.15) is 60.2 Å². The summed E-state index contributed by atoms with van der Waals surface area (Å²) in [4.78, 5) is 41.9. The van der Waals surface area contributed by atoms with E-state index in [9.17, 15) is 9.59 Å². The molecule has 2 aromatic rings. The molecule has 2 fully saturated rings. The van der Waals surface area contributed by atoms with Crippen molar-refractivity contribution >= 4 is 11.8 Å². The lowest BCUT2D eigenvalue weighted by molar-refractivity contribution is -0.139. The van der Waals surface area contributed by atoms with E-state index in [4.69, 9.17) is 4.42 Å². The van der Waals surface area contributed by atoms with E-state index in [0.29, 0.717) is 50.5 Å². The van der Waals surface area contributed by atoms with Crippen molar-refractivity contribution in [2.45, 2.75) is 52.5 Å². The topological polar surface area (TPSA) is 92.4 Å². The average Bonchev–Trinajstić information content (AvgIpc) is 3.21. The number of carbonyl (C=O) groups is 2. The van der Waals surface area contributed by atoms with E-state index >= 15 is 0 Å². The Morgan fingerprint density at radius 3 is 2.66 bits per heavy atom. The summed E-state index contributed by atoms with van der Waals surface area (Å²) in [6, 6.07) is 0. The lowest BCUT2D eigenvalue weighted by atomic mass is 9.72. The quantitative estimate of drug-likeness (QED) is 0.786. The van der Waals surface area contributed by atoms with Crippen molar-refractivity contribution in [2.24, 2.45) is 5.41 Å². The molecule has 2 aromatic heterocycles. The fraction of sp³-hybridized carbons (Fsp3) is 0.571. The Labute approximate surface area is 170 Å². The van der Waals surface area contributed by atoms with E-state index in [1.54, 1.807) is 12.4 Å². The molecule has 1 spiro atoms. The van der Waals surface area contributed by atoms with Crippen LogP contribution < -0.4 is 0 Å². The molecular weight excluding hydrogens is 370 g/mol. The Balaban J connectivity index is 1.40. The summed E-state index contributed by atoms with van der Waals surface area (Å²) in [7, 11) is 0. The van der Waals surface area contributed by atoms with Gasteiger partial charge in [-0.25, -0.2) is 4.98 Å². The molecule has 0 saturated carbocycles. The van der Waals surface area contributed by atoms with E-state index < -0.39 is 0 Å². The van der Waals surface area contributed by atoms with Crippen molar-refractivity contribution < 1.29 is 14.0 Å². The second kappa shape index (κ2) is 7.93. The number of hydrogen-bond acceptors (Lipinski definition) is 6. The molecule has 0 N–H and O–H groups in total. The van der Waals surface area contributed by atoms with Crippen LogP contribution in [0.2, 0.25) is 0 Å². The van der Waals surface area contributed by atoms with Crippen LogP contribution in [-0.4, -0.2) is 56.2 Å². The predicted octanol–water partition coefficient (Wildman–Crippen LogP) is 2.38. The molecular formula is C21H27N5O3. The zero-order valence-corrected chi connectivity index (χ0v) is 17.1. The number of piperidine rings is 2. The van der Waals surface area contributed by atoms with Crippen molar-refractivity contribution in [3.8, 4) is 0 Å². The first-order valence-corrected chi connectivity index (χ1v) is 10.3. The minimum atomic E-state index is -0.0517. The van der Waals surface area contributed by atoms with Gasteiger partial charge in [-0.2, -0.15) is 0 Å².